The van der Waals surface area contributed by atoms with Crippen molar-refractivity contribution in [2.45, 2.75) is 51.2 Å². The summed E-state index contributed by atoms with van der Waals surface area (Å²) in [5.41, 5.74) is 6.73. The Labute approximate surface area is 198 Å². The zero-order valence-corrected chi connectivity index (χ0v) is 20.0. The van der Waals surface area contributed by atoms with Gasteiger partial charge in [0.2, 0.25) is 17.7 Å². The van der Waals surface area contributed by atoms with Crippen molar-refractivity contribution >= 4 is 35.5 Å². The minimum absolute atomic E-state index is 0.0675. The second-order valence-electron chi connectivity index (χ2n) is 8.13. The highest BCUT2D eigenvalue weighted by molar-refractivity contribution is 7.98. The number of hydrogen-bond acceptors (Lipinski definition) is 7. The molecule has 0 saturated heterocycles. The van der Waals surface area contributed by atoms with Crippen molar-refractivity contribution < 1.29 is 29.4 Å². The zero-order chi connectivity index (χ0) is 25.0. The molecule has 184 valence electrons. The lowest BCUT2D eigenvalue weighted by atomic mass is 10.0. The molecule has 0 heterocycles. The molecule has 0 aliphatic rings. The summed E-state index contributed by atoms with van der Waals surface area (Å²) in [6.07, 6.45) is 2.68. The number of carboxylic acid groups (broad SMARTS) is 1. The summed E-state index contributed by atoms with van der Waals surface area (Å²) in [7, 11) is 0. The number of carbonyl (C=O) groups is 4. The number of nitrogens with two attached hydrogens (primary N) is 1. The standard InChI is InChI=1S/C22H34N4O6S/c1-13(2)10-18(22(31)32)25-19(28)12-24-21(30)17(8-9-33-3)26-20(29)16(23)11-14-4-6-15(27)7-5-14/h4-7,13,16-18,27H,8-12,23H2,1-3H3,(H,24,30)(H,25,28)(H,26,29)(H,31,32). The second kappa shape index (κ2) is 14.4. The summed E-state index contributed by atoms with van der Waals surface area (Å²) < 4.78 is 0. The molecule has 3 atom stereocenters. The Morgan fingerprint density at radius 3 is 2.21 bits per heavy atom. The first-order valence-corrected chi connectivity index (χ1v) is 12.1. The van der Waals surface area contributed by atoms with E-state index in [4.69, 9.17) is 5.73 Å². The maximum atomic E-state index is 12.6. The van der Waals surface area contributed by atoms with Gasteiger partial charge in [-0.2, -0.15) is 11.8 Å². The molecule has 0 radical (unpaired) electrons. The van der Waals surface area contributed by atoms with Crippen molar-refractivity contribution in [2.75, 3.05) is 18.6 Å². The van der Waals surface area contributed by atoms with Crippen LogP contribution in [0.15, 0.2) is 24.3 Å². The quantitative estimate of drug-likeness (QED) is 0.219. The second-order valence-corrected chi connectivity index (χ2v) is 9.11. The van der Waals surface area contributed by atoms with Crippen LogP contribution in [0, 0.1) is 5.92 Å². The Hall–Kier alpha value is -2.79. The van der Waals surface area contributed by atoms with E-state index in [0.29, 0.717) is 12.2 Å². The van der Waals surface area contributed by atoms with Crippen LogP contribution >= 0.6 is 11.8 Å². The van der Waals surface area contributed by atoms with Crippen molar-refractivity contribution in [3.05, 3.63) is 29.8 Å². The van der Waals surface area contributed by atoms with Crippen LogP contribution in [0.1, 0.15) is 32.3 Å². The van der Waals surface area contributed by atoms with Gasteiger partial charge in [-0.15, -0.1) is 0 Å². The van der Waals surface area contributed by atoms with E-state index in [1.807, 2.05) is 20.1 Å². The van der Waals surface area contributed by atoms with Gasteiger partial charge >= 0.3 is 5.97 Å². The van der Waals surface area contributed by atoms with Gasteiger partial charge in [-0.25, -0.2) is 4.79 Å². The number of carboxylic acids is 1. The van der Waals surface area contributed by atoms with Crippen LogP contribution in [0.25, 0.3) is 0 Å². The summed E-state index contributed by atoms with van der Waals surface area (Å²) in [6.45, 7) is 3.27. The van der Waals surface area contributed by atoms with Crippen LogP contribution < -0.4 is 21.7 Å². The van der Waals surface area contributed by atoms with Gasteiger partial charge in [0, 0.05) is 0 Å². The largest absolute Gasteiger partial charge is 0.508 e. The lowest BCUT2D eigenvalue weighted by molar-refractivity contribution is -0.142. The Morgan fingerprint density at radius 1 is 1.03 bits per heavy atom. The number of hydrogen-bond donors (Lipinski definition) is 6. The van der Waals surface area contributed by atoms with Gasteiger partial charge in [-0.1, -0.05) is 26.0 Å². The first-order chi connectivity index (χ1) is 15.5. The molecule has 0 aromatic heterocycles. The van der Waals surface area contributed by atoms with Crippen LogP contribution in [0.4, 0.5) is 0 Å². The van der Waals surface area contributed by atoms with Crippen LogP contribution in [-0.4, -0.2) is 70.6 Å². The molecule has 1 rings (SSSR count). The summed E-state index contributed by atoms with van der Waals surface area (Å²) in [4.78, 5) is 48.6. The number of amides is 3. The predicted molar refractivity (Wildman–Crippen MR) is 127 cm³/mol. The Bertz CT molecular complexity index is 803. The number of nitrogens with one attached hydrogen (secondary N) is 3. The molecule has 1 aromatic rings. The third-order valence-electron chi connectivity index (χ3n) is 4.74. The lowest BCUT2D eigenvalue weighted by Gasteiger charge is -2.21. The van der Waals surface area contributed by atoms with Gasteiger partial charge in [-0.3, -0.25) is 14.4 Å². The number of rotatable bonds is 14. The molecule has 7 N–H and O–H groups in total. The molecule has 0 saturated carbocycles. The fraction of sp³-hybridized carbons (Fsp3) is 0.545. The van der Waals surface area contributed by atoms with Gasteiger partial charge in [0.25, 0.3) is 0 Å². The summed E-state index contributed by atoms with van der Waals surface area (Å²) >= 11 is 1.50. The van der Waals surface area contributed by atoms with E-state index in [9.17, 15) is 29.4 Å². The number of aromatic hydroxyl groups is 1. The van der Waals surface area contributed by atoms with Crippen molar-refractivity contribution in [1.82, 2.24) is 16.0 Å². The minimum atomic E-state index is -1.14. The Morgan fingerprint density at radius 2 is 1.67 bits per heavy atom. The van der Waals surface area contributed by atoms with Crippen molar-refractivity contribution in [3.8, 4) is 5.75 Å². The number of thioether (sulfide) groups is 1. The predicted octanol–water partition coefficient (Wildman–Crippen LogP) is 0.232. The molecule has 0 spiro atoms. The van der Waals surface area contributed by atoms with Gasteiger partial charge in [0.15, 0.2) is 0 Å². The van der Waals surface area contributed by atoms with Crippen molar-refractivity contribution in [1.29, 1.82) is 0 Å². The molecular formula is C22H34N4O6S. The fourth-order valence-corrected chi connectivity index (χ4v) is 3.46. The van der Waals surface area contributed by atoms with Crippen LogP contribution in [0.5, 0.6) is 5.75 Å². The van der Waals surface area contributed by atoms with Gasteiger partial charge in [-0.05, 0) is 54.9 Å². The third-order valence-corrected chi connectivity index (χ3v) is 5.38. The van der Waals surface area contributed by atoms with E-state index in [1.54, 1.807) is 12.1 Å². The van der Waals surface area contributed by atoms with E-state index in [0.717, 1.165) is 5.56 Å². The average molecular weight is 483 g/mol. The van der Waals surface area contributed by atoms with Crippen molar-refractivity contribution in [2.24, 2.45) is 11.7 Å². The van der Waals surface area contributed by atoms with E-state index in [-0.39, 0.29) is 24.5 Å². The first kappa shape index (κ1) is 28.2. The Balaban J connectivity index is 2.65. The molecule has 3 unspecified atom stereocenters. The molecular weight excluding hydrogens is 448 g/mol. The highest BCUT2D eigenvalue weighted by Crippen LogP contribution is 2.11. The topological polar surface area (TPSA) is 171 Å². The molecule has 11 heteroatoms. The smallest absolute Gasteiger partial charge is 0.326 e. The maximum Gasteiger partial charge on any atom is 0.326 e. The zero-order valence-electron chi connectivity index (χ0n) is 19.2. The van der Waals surface area contributed by atoms with Gasteiger partial charge in [0.1, 0.15) is 17.8 Å². The molecule has 1 aromatic carbocycles. The van der Waals surface area contributed by atoms with Crippen LogP contribution in [-0.2, 0) is 25.6 Å². The van der Waals surface area contributed by atoms with Crippen LogP contribution in [0.3, 0.4) is 0 Å². The SMILES string of the molecule is CSCCC(NC(=O)C(N)Cc1ccc(O)cc1)C(=O)NCC(=O)NC(CC(C)C)C(=O)O. The maximum absolute atomic E-state index is 12.6. The molecule has 0 aliphatic carbocycles. The molecule has 33 heavy (non-hydrogen) atoms. The summed E-state index contributed by atoms with van der Waals surface area (Å²) in [6, 6.07) is 3.46. The van der Waals surface area contributed by atoms with E-state index in [2.05, 4.69) is 16.0 Å². The number of carbonyl (C=O) groups excluding carboxylic acids is 3. The monoisotopic (exact) mass is 482 g/mol. The Kier molecular flexibility index (Phi) is 12.3. The molecule has 0 bridgehead atoms. The molecule has 0 aliphatic heterocycles. The first-order valence-electron chi connectivity index (χ1n) is 10.7. The van der Waals surface area contributed by atoms with E-state index >= 15 is 0 Å². The number of phenolic OH excluding ortho intramolecular Hbond substituents is 1. The fourth-order valence-electron chi connectivity index (χ4n) is 2.99. The van der Waals surface area contributed by atoms with Gasteiger partial charge < -0.3 is 31.9 Å². The number of benzene rings is 1. The van der Waals surface area contributed by atoms with Gasteiger partial charge in [0.05, 0.1) is 12.6 Å². The third kappa shape index (κ3) is 11.1. The molecule has 3 amide bonds. The number of phenols is 1. The normalized spacial score (nSPS) is 13.6. The molecule has 0 fully saturated rings. The highest BCUT2D eigenvalue weighted by Gasteiger charge is 2.25. The summed E-state index contributed by atoms with van der Waals surface area (Å²) in [5.74, 6) is -2.08. The lowest BCUT2D eigenvalue weighted by Crippen LogP contribution is -2.54. The van der Waals surface area contributed by atoms with Crippen molar-refractivity contribution in [3.63, 3.8) is 0 Å². The number of aliphatic carboxylic acids is 1. The van der Waals surface area contributed by atoms with E-state index in [1.165, 1.54) is 23.9 Å². The highest BCUT2D eigenvalue weighted by atomic mass is 32.2. The van der Waals surface area contributed by atoms with Crippen LogP contribution in [0.2, 0.25) is 0 Å². The molecule has 10 nitrogen and oxygen atoms in total. The summed E-state index contributed by atoms with van der Waals surface area (Å²) in [5, 5.41) is 26.1. The van der Waals surface area contributed by atoms with E-state index < -0.39 is 48.4 Å². The average Bonchev–Trinajstić information content (AvgIpc) is 2.75. The minimum Gasteiger partial charge on any atom is -0.508 e.